The van der Waals surface area contributed by atoms with E-state index in [9.17, 15) is 70.6 Å². The molecule has 0 unspecified atom stereocenters. The van der Waals surface area contributed by atoms with Crippen LogP contribution in [0.25, 0.3) is 6.08 Å². The number of hydrogen-bond donors (Lipinski definition) is 11. The number of carbonyl (C=O) groups is 3. The molecule has 25 heteroatoms. The van der Waals surface area contributed by atoms with Gasteiger partial charge in [0.1, 0.15) is 86.5 Å². The molecule has 11 N–H and O–H groups in total. The van der Waals surface area contributed by atoms with Crippen LogP contribution in [0.15, 0.2) is 84.9 Å². The van der Waals surface area contributed by atoms with Gasteiger partial charge >= 0.3 is 17.9 Å². The summed E-state index contributed by atoms with van der Waals surface area (Å²) < 4.78 is 62.2. The highest BCUT2D eigenvalue weighted by Gasteiger charge is 2.61. The molecule has 4 heterocycles. The normalized spacial score (nSPS) is 36.6. The number of benzene rings is 3. The quantitative estimate of drug-likeness (QED) is 0.0337. The minimum atomic E-state index is -2.61. The van der Waals surface area contributed by atoms with Gasteiger partial charge in [-0.15, -0.1) is 0 Å². The fraction of sp³-hybridized carbons (Fsp3) is 0.521. The van der Waals surface area contributed by atoms with Crippen LogP contribution in [0.3, 0.4) is 0 Å². The molecular formula is C48H58O25. The molecule has 0 bridgehead atoms. The molecule has 3 aromatic rings. The summed E-state index contributed by atoms with van der Waals surface area (Å²) in [5.74, 6) is -5.52. The van der Waals surface area contributed by atoms with Gasteiger partial charge in [0, 0.05) is 6.08 Å². The third-order valence-electron chi connectivity index (χ3n) is 12.5. The molecule has 4 fully saturated rings. The van der Waals surface area contributed by atoms with E-state index in [1.54, 1.807) is 36.4 Å². The minimum absolute atomic E-state index is 0.0142. The van der Waals surface area contributed by atoms with Crippen LogP contribution in [0.1, 0.15) is 33.2 Å². The maximum Gasteiger partial charge on any atom is 0.338 e. The first-order valence-electron chi connectivity index (χ1n) is 22.9. The number of hydrogen-bond acceptors (Lipinski definition) is 25. The second-order valence-electron chi connectivity index (χ2n) is 17.3. The summed E-state index contributed by atoms with van der Waals surface area (Å²) in [6.07, 6.45) is -28.3. The first-order chi connectivity index (χ1) is 34.9. The Kier molecular flexibility index (Phi) is 18.5. The Balaban J connectivity index is 1.02. The van der Waals surface area contributed by atoms with E-state index in [1.807, 2.05) is 0 Å². The molecule has 25 nitrogen and oxygen atoms in total. The first kappa shape index (κ1) is 55.5. The summed E-state index contributed by atoms with van der Waals surface area (Å²) in [4.78, 5) is 39.5. The van der Waals surface area contributed by atoms with Gasteiger partial charge in [0.15, 0.2) is 36.3 Å². The minimum Gasteiger partial charge on any atom is -0.493 e. The fourth-order valence-corrected chi connectivity index (χ4v) is 8.44. The zero-order chi connectivity index (χ0) is 52.7. The van der Waals surface area contributed by atoms with Gasteiger partial charge in [0.25, 0.3) is 0 Å². The summed E-state index contributed by atoms with van der Waals surface area (Å²) in [7, 11) is 1.28. The lowest BCUT2D eigenvalue weighted by molar-refractivity contribution is -0.383. The fourth-order valence-electron chi connectivity index (χ4n) is 8.44. The number of esters is 3. The van der Waals surface area contributed by atoms with Crippen molar-refractivity contribution in [2.75, 3.05) is 33.5 Å². The second kappa shape index (κ2) is 24.4. The summed E-state index contributed by atoms with van der Waals surface area (Å²) in [6.45, 7) is -2.08. The summed E-state index contributed by atoms with van der Waals surface area (Å²) in [5, 5.41) is 117. The number of ether oxygens (including phenoxy) is 11. The molecule has 400 valence electrons. The molecule has 4 saturated heterocycles. The van der Waals surface area contributed by atoms with Crippen molar-refractivity contribution in [3.8, 4) is 11.5 Å². The lowest BCUT2D eigenvalue weighted by atomic mass is 9.97. The third-order valence-corrected chi connectivity index (χ3v) is 12.5. The van der Waals surface area contributed by atoms with E-state index >= 15 is 0 Å². The number of aliphatic hydroxyl groups is 11. The largest absolute Gasteiger partial charge is 0.493 e. The van der Waals surface area contributed by atoms with Crippen LogP contribution in [0.4, 0.5) is 0 Å². The van der Waals surface area contributed by atoms with Crippen LogP contribution in [-0.2, 0) is 47.4 Å². The summed E-state index contributed by atoms with van der Waals surface area (Å²) in [5.41, 5.74) is 0.489. The molecule has 0 aromatic heterocycles. The van der Waals surface area contributed by atoms with E-state index in [1.165, 1.54) is 62.6 Å². The van der Waals surface area contributed by atoms with E-state index in [0.29, 0.717) is 0 Å². The molecule has 4 aliphatic rings. The smallest absolute Gasteiger partial charge is 0.338 e. The first-order valence-corrected chi connectivity index (χ1v) is 22.9. The lowest BCUT2D eigenvalue weighted by Crippen LogP contribution is -2.64. The van der Waals surface area contributed by atoms with Crippen LogP contribution in [0, 0.1) is 0 Å². The topological polar surface area (TPSA) is 375 Å². The monoisotopic (exact) mass is 1030 g/mol. The molecule has 7 rings (SSSR count). The molecule has 0 saturated carbocycles. The Bertz CT molecular complexity index is 2320. The van der Waals surface area contributed by atoms with E-state index in [2.05, 4.69) is 0 Å². The maximum atomic E-state index is 13.4. The van der Waals surface area contributed by atoms with E-state index in [0.717, 1.165) is 6.08 Å². The average molecular weight is 1030 g/mol. The standard InChI is InChI=1S/C48H58O25/c1-22-40(71-46-37(58)34(55)32(53)28(18-49)67-46)35(56)38(59)45(65-22)66-26-15-13-23(17-27(26)63-2)14-16-31(52)69-42-33(54)29(19-50)72-48(42,21-51)73-47-39(60)36(57)41(70-44(62)25-11-7-4-8-12-25)30(68-47)20-64-43(61)24-9-5-3-6-10-24/h3-17,22,28-30,32-42,45-47,49-51,53-60H,18-21H2,1-2H3/t22-,28+,29+,30+,32+,33+,34-,35-,36+,37+,38+,39+,40-,41+,42-,45-,46-,47+,48-/m0/s1. The molecule has 0 radical (unpaired) electrons. The zero-order valence-electron chi connectivity index (χ0n) is 39.0. The number of rotatable bonds is 18. The van der Waals surface area contributed by atoms with Crippen LogP contribution in [-0.4, -0.2) is 224 Å². The van der Waals surface area contributed by atoms with Crippen molar-refractivity contribution in [1.82, 2.24) is 0 Å². The number of aliphatic hydroxyl groups excluding tert-OH is 11. The predicted molar refractivity (Wildman–Crippen MR) is 239 cm³/mol. The van der Waals surface area contributed by atoms with E-state index in [4.69, 9.17) is 52.1 Å². The van der Waals surface area contributed by atoms with Crippen LogP contribution in [0.2, 0.25) is 0 Å². The van der Waals surface area contributed by atoms with Crippen molar-refractivity contribution < 1.29 is 123 Å². The average Bonchev–Trinajstić information content (AvgIpc) is 3.66. The van der Waals surface area contributed by atoms with Gasteiger partial charge in [-0.3, -0.25) is 0 Å². The highest BCUT2D eigenvalue weighted by molar-refractivity contribution is 5.90. The molecular weight excluding hydrogens is 977 g/mol. The van der Waals surface area contributed by atoms with Crippen molar-refractivity contribution in [3.05, 3.63) is 102 Å². The highest BCUT2D eigenvalue weighted by atomic mass is 16.8. The van der Waals surface area contributed by atoms with Crippen molar-refractivity contribution in [2.24, 2.45) is 0 Å². The van der Waals surface area contributed by atoms with E-state index in [-0.39, 0.29) is 28.2 Å². The molecule has 0 amide bonds. The van der Waals surface area contributed by atoms with Gasteiger partial charge in [0.2, 0.25) is 12.1 Å². The molecule has 73 heavy (non-hydrogen) atoms. The van der Waals surface area contributed by atoms with Gasteiger partial charge in [0.05, 0.1) is 37.6 Å². The van der Waals surface area contributed by atoms with Crippen molar-refractivity contribution in [2.45, 2.75) is 123 Å². The van der Waals surface area contributed by atoms with Gasteiger partial charge < -0.3 is 108 Å². The van der Waals surface area contributed by atoms with Crippen molar-refractivity contribution >= 4 is 24.0 Å². The highest BCUT2D eigenvalue weighted by Crippen LogP contribution is 2.39. The number of methoxy groups -OCH3 is 1. The van der Waals surface area contributed by atoms with Gasteiger partial charge in [-0.25, -0.2) is 14.4 Å². The molecule has 0 spiro atoms. The molecule has 4 aliphatic heterocycles. The van der Waals surface area contributed by atoms with Gasteiger partial charge in [-0.1, -0.05) is 42.5 Å². The van der Waals surface area contributed by atoms with Crippen LogP contribution >= 0.6 is 0 Å². The Morgan fingerprint density at radius 2 is 1.22 bits per heavy atom. The predicted octanol–water partition coefficient (Wildman–Crippen LogP) is -3.36. The van der Waals surface area contributed by atoms with Gasteiger partial charge in [-0.2, -0.15) is 0 Å². The van der Waals surface area contributed by atoms with E-state index < -0.39 is 161 Å². The Hall–Kier alpha value is -5.27. The van der Waals surface area contributed by atoms with Crippen LogP contribution < -0.4 is 9.47 Å². The van der Waals surface area contributed by atoms with Crippen molar-refractivity contribution in [3.63, 3.8) is 0 Å². The summed E-state index contributed by atoms with van der Waals surface area (Å²) in [6, 6.07) is 19.6. The molecule has 3 aromatic carbocycles. The third kappa shape index (κ3) is 12.3. The van der Waals surface area contributed by atoms with Crippen LogP contribution in [0.5, 0.6) is 11.5 Å². The second-order valence-corrected chi connectivity index (χ2v) is 17.3. The Morgan fingerprint density at radius 1 is 0.616 bits per heavy atom. The summed E-state index contributed by atoms with van der Waals surface area (Å²) >= 11 is 0. The SMILES string of the molecule is COc1cc(C=CC(=O)O[C@H]2[C@H](O)[C@@H](CO)O[C@@]2(CO)O[C@H]2O[C@H](COC(=O)c3ccccc3)[C@@H](OC(=O)c3ccccc3)[C@H](O)[C@H]2O)ccc1O[C@@H]1O[C@@H](C)[C@H](O[C@@H]2O[C@H](CO)[C@@H](O)[C@H](O)[C@H]2O)[C@@H](O)[C@H]1O. The zero-order valence-corrected chi connectivity index (χ0v) is 39.0. The molecule has 0 aliphatic carbocycles. The van der Waals surface area contributed by atoms with Gasteiger partial charge in [-0.05, 0) is 55.0 Å². The Labute approximate surface area is 415 Å². The van der Waals surface area contributed by atoms with Crippen molar-refractivity contribution in [1.29, 1.82) is 0 Å². The lowest BCUT2D eigenvalue weighted by Gasteiger charge is -2.45. The molecule has 19 atom stereocenters. The maximum absolute atomic E-state index is 13.4. The Morgan fingerprint density at radius 3 is 1.85 bits per heavy atom. The number of carbonyl (C=O) groups excluding carboxylic acids is 3.